The van der Waals surface area contributed by atoms with Crippen LogP contribution in [0.15, 0.2) is 24.3 Å². The van der Waals surface area contributed by atoms with Gasteiger partial charge in [-0.2, -0.15) is 0 Å². The smallest absolute Gasteiger partial charge is 0.338 e. The topological polar surface area (TPSA) is 174 Å². The molecule has 0 aliphatic heterocycles. The van der Waals surface area contributed by atoms with Crippen LogP contribution in [0.2, 0.25) is 0 Å². The lowest BCUT2D eigenvalue weighted by Crippen LogP contribution is -2.06. The third-order valence-corrected chi connectivity index (χ3v) is 7.12. The van der Waals surface area contributed by atoms with E-state index in [9.17, 15) is 40.2 Å². The number of ether oxygens (including phenoxy) is 2. The molecule has 0 fully saturated rings. The number of rotatable bonds is 21. The zero-order valence-corrected chi connectivity index (χ0v) is 24.4. The normalized spacial score (nSPS) is 11.0. The van der Waals surface area contributed by atoms with Crippen LogP contribution in [0.4, 0.5) is 0 Å². The molecule has 2 aromatic carbocycles. The van der Waals surface area contributed by atoms with Gasteiger partial charge >= 0.3 is 11.9 Å². The van der Waals surface area contributed by atoms with Crippen LogP contribution in [0.25, 0.3) is 0 Å². The molecule has 0 heterocycles. The molecule has 0 spiro atoms. The van der Waals surface area contributed by atoms with Gasteiger partial charge in [0.05, 0.1) is 24.3 Å². The fourth-order valence-electron chi connectivity index (χ4n) is 4.62. The van der Waals surface area contributed by atoms with Crippen molar-refractivity contribution in [3.05, 3.63) is 35.4 Å². The molecule has 0 saturated heterocycles. The summed E-state index contributed by atoms with van der Waals surface area (Å²) < 4.78 is 10.3. The number of phenolic OH excluding ortho intramolecular Hbond substituents is 6. The average molecular weight is 591 g/mol. The summed E-state index contributed by atoms with van der Waals surface area (Å²) >= 11 is 0. The van der Waals surface area contributed by atoms with E-state index < -0.39 is 46.4 Å². The van der Waals surface area contributed by atoms with Crippen LogP contribution in [0.5, 0.6) is 34.5 Å². The second kappa shape index (κ2) is 19.3. The molecule has 0 aliphatic rings. The van der Waals surface area contributed by atoms with Crippen molar-refractivity contribution in [2.75, 3.05) is 13.2 Å². The number of hydrogen-bond donors (Lipinski definition) is 6. The van der Waals surface area contributed by atoms with Gasteiger partial charge in [0.1, 0.15) is 0 Å². The molecule has 0 aliphatic carbocycles. The van der Waals surface area contributed by atoms with Gasteiger partial charge in [-0.05, 0) is 37.1 Å². The maximum absolute atomic E-state index is 12.0. The van der Waals surface area contributed by atoms with E-state index in [4.69, 9.17) is 9.47 Å². The van der Waals surface area contributed by atoms with Gasteiger partial charge in [-0.3, -0.25) is 0 Å². The summed E-state index contributed by atoms with van der Waals surface area (Å²) in [5.41, 5.74) is -0.00654. The number of aromatic hydroxyl groups is 6. The summed E-state index contributed by atoms with van der Waals surface area (Å²) in [5, 5.41) is 56.6. The first kappa shape index (κ1) is 34.4. The minimum absolute atomic E-state index is 0.00327. The summed E-state index contributed by atoms with van der Waals surface area (Å²) in [6.45, 7) is 0.552. The van der Waals surface area contributed by atoms with Crippen molar-refractivity contribution in [1.29, 1.82) is 0 Å². The zero-order valence-electron chi connectivity index (χ0n) is 24.4. The Morgan fingerprint density at radius 2 is 0.619 bits per heavy atom. The lowest BCUT2D eigenvalue weighted by Gasteiger charge is -2.07. The average Bonchev–Trinajstić information content (AvgIpc) is 2.96. The van der Waals surface area contributed by atoms with Gasteiger partial charge in [-0.15, -0.1) is 0 Å². The first-order valence-corrected chi connectivity index (χ1v) is 15.0. The Kier molecular flexibility index (Phi) is 15.8. The highest BCUT2D eigenvalue weighted by atomic mass is 16.5. The van der Waals surface area contributed by atoms with Gasteiger partial charge in [0.25, 0.3) is 0 Å². The minimum atomic E-state index is -0.659. The molecule has 0 atom stereocenters. The lowest BCUT2D eigenvalue weighted by molar-refractivity contribution is 0.0487. The van der Waals surface area contributed by atoms with Crippen LogP contribution in [0.1, 0.15) is 123 Å². The Labute approximate surface area is 247 Å². The monoisotopic (exact) mass is 590 g/mol. The molecular formula is C32H46O10. The number of benzene rings is 2. The summed E-state index contributed by atoms with van der Waals surface area (Å²) in [7, 11) is 0. The highest BCUT2D eigenvalue weighted by Crippen LogP contribution is 2.36. The molecule has 0 unspecified atom stereocenters. The van der Waals surface area contributed by atoms with Crippen molar-refractivity contribution in [3.8, 4) is 34.5 Å². The maximum Gasteiger partial charge on any atom is 0.338 e. The van der Waals surface area contributed by atoms with E-state index in [1.165, 1.54) is 51.4 Å². The van der Waals surface area contributed by atoms with Crippen LogP contribution in [-0.4, -0.2) is 55.8 Å². The van der Waals surface area contributed by atoms with E-state index in [0.717, 1.165) is 75.6 Å². The largest absolute Gasteiger partial charge is 0.504 e. The quantitative estimate of drug-likeness (QED) is 0.0496. The highest BCUT2D eigenvalue weighted by molar-refractivity contribution is 5.91. The Morgan fingerprint density at radius 3 is 0.857 bits per heavy atom. The third-order valence-electron chi connectivity index (χ3n) is 7.12. The molecule has 2 aromatic rings. The first-order valence-electron chi connectivity index (χ1n) is 15.0. The van der Waals surface area contributed by atoms with Gasteiger partial charge in [0, 0.05) is 0 Å². The molecule has 0 aromatic heterocycles. The third kappa shape index (κ3) is 12.8. The molecule has 2 rings (SSSR count). The van der Waals surface area contributed by atoms with Crippen LogP contribution in [0.3, 0.4) is 0 Å². The van der Waals surface area contributed by atoms with Crippen molar-refractivity contribution in [2.45, 2.75) is 103 Å². The standard InChI is InChI=1S/C32H46O10/c33-25-19-23(20-26(34)29(25)37)31(39)41-17-15-13-11-9-7-5-3-1-2-4-6-8-10-12-14-16-18-42-32(40)24-21-27(35)30(38)28(36)22-24/h19-22,33-38H,1-18H2. The molecule has 0 amide bonds. The van der Waals surface area contributed by atoms with E-state index in [1.54, 1.807) is 0 Å². The van der Waals surface area contributed by atoms with Gasteiger partial charge in [-0.25, -0.2) is 9.59 Å². The predicted octanol–water partition coefficient (Wildman–Crippen LogP) is 7.18. The molecule has 0 bridgehead atoms. The molecule has 0 saturated carbocycles. The molecule has 0 radical (unpaired) electrons. The first-order chi connectivity index (χ1) is 20.2. The van der Waals surface area contributed by atoms with E-state index >= 15 is 0 Å². The number of unbranched alkanes of at least 4 members (excludes halogenated alkanes) is 15. The van der Waals surface area contributed by atoms with Crippen molar-refractivity contribution < 1.29 is 49.7 Å². The van der Waals surface area contributed by atoms with E-state index in [2.05, 4.69) is 0 Å². The number of esters is 2. The summed E-state index contributed by atoms with van der Waals surface area (Å²) in [6, 6.07) is 4.26. The van der Waals surface area contributed by atoms with E-state index in [-0.39, 0.29) is 24.3 Å². The Bertz CT molecular complexity index is 981. The fraction of sp³-hybridized carbons (Fsp3) is 0.562. The Balaban J connectivity index is 1.31. The van der Waals surface area contributed by atoms with Gasteiger partial charge in [0.15, 0.2) is 34.5 Å². The number of carbonyl (C=O) groups is 2. The minimum Gasteiger partial charge on any atom is -0.504 e. The molecule has 42 heavy (non-hydrogen) atoms. The van der Waals surface area contributed by atoms with Gasteiger partial charge in [-0.1, -0.05) is 89.9 Å². The summed E-state index contributed by atoms with van der Waals surface area (Å²) in [5.74, 6) is -4.86. The number of hydrogen-bond acceptors (Lipinski definition) is 10. The van der Waals surface area contributed by atoms with Crippen molar-refractivity contribution in [2.24, 2.45) is 0 Å². The second-order valence-electron chi connectivity index (χ2n) is 10.7. The number of phenols is 6. The van der Waals surface area contributed by atoms with E-state index in [1.807, 2.05) is 0 Å². The van der Waals surface area contributed by atoms with Gasteiger partial charge in [0.2, 0.25) is 0 Å². The molecule has 10 nitrogen and oxygen atoms in total. The van der Waals surface area contributed by atoms with Crippen LogP contribution >= 0.6 is 0 Å². The zero-order chi connectivity index (χ0) is 30.7. The van der Waals surface area contributed by atoms with E-state index in [0.29, 0.717) is 0 Å². The van der Waals surface area contributed by atoms with Crippen molar-refractivity contribution >= 4 is 11.9 Å². The highest BCUT2D eigenvalue weighted by Gasteiger charge is 2.15. The molecule has 234 valence electrons. The molecule has 10 heteroatoms. The number of carbonyl (C=O) groups excluding carboxylic acids is 2. The SMILES string of the molecule is O=C(OCCCCCCCCCCCCCCCCCCOC(=O)c1cc(O)c(O)c(O)c1)c1cc(O)c(O)c(O)c1. The van der Waals surface area contributed by atoms with Crippen LogP contribution in [-0.2, 0) is 9.47 Å². The van der Waals surface area contributed by atoms with Crippen LogP contribution < -0.4 is 0 Å². The van der Waals surface area contributed by atoms with Crippen molar-refractivity contribution in [1.82, 2.24) is 0 Å². The van der Waals surface area contributed by atoms with Crippen molar-refractivity contribution in [3.63, 3.8) is 0 Å². The lowest BCUT2D eigenvalue weighted by atomic mass is 10.0. The fourth-order valence-corrected chi connectivity index (χ4v) is 4.62. The Hall–Kier alpha value is -3.82. The Morgan fingerprint density at radius 1 is 0.405 bits per heavy atom. The molecular weight excluding hydrogens is 544 g/mol. The second-order valence-corrected chi connectivity index (χ2v) is 10.7. The summed E-state index contributed by atoms with van der Waals surface area (Å²) in [4.78, 5) is 23.9. The summed E-state index contributed by atoms with van der Waals surface area (Å²) in [6.07, 6.45) is 17.9. The predicted molar refractivity (Wildman–Crippen MR) is 157 cm³/mol. The van der Waals surface area contributed by atoms with Crippen LogP contribution in [0, 0.1) is 0 Å². The maximum atomic E-state index is 12.0. The molecule has 6 N–H and O–H groups in total. The van der Waals surface area contributed by atoms with Gasteiger partial charge < -0.3 is 40.1 Å².